The molecule has 0 bridgehead atoms. The lowest BCUT2D eigenvalue weighted by Crippen LogP contribution is -2.01. The molecular formula is C16H16F2O. The molecule has 0 aromatic heterocycles. The SMILES string of the molecule is CCCCOc1ccc(-c2ccccc2)c(F)c1F. The average Bonchev–Trinajstić information content (AvgIpc) is 2.45. The first-order chi connectivity index (χ1) is 9.24. The largest absolute Gasteiger partial charge is 0.490 e. The van der Waals surface area contributed by atoms with Gasteiger partial charge in [0.15, 0.2) is 11.6 Å². The summed E-state index contributed by atoms with van der Waals surface area (Å²) in [4.78, 5) is 0. The highest BCUT2D eigenvalue weighted by Gasteiger charge is 2.15. The van der Waals surface area contributed by atoms with Crippen molar-refractivity contribution >= 4 is 0 Å². The fraction of sp³-hybridized carbons (Fsp3) is 0.250. The molecule has 2 rings (SSSR count). The van der Waals surface area contributed by atoms with E-state index in [9.17, 15) is 8.78 Å². The van der Waals surface area contributed by atoms with E-state index >= 15 is 0 Å². The number of hydrogen-bond acceptors (Lipinski definition) is 1. The summed E-state index contributed by atoms with van der Waals surface area (Å²) >= 11 is 0. The maximum Gasteiger partial charge on any atom is 0.201 e. The van der Waals surface area contributed by atoms with Gasteiger partial charge in [-0.3, -0.25) is 0 Å². The first-order valence-corrected chi connectivity index (χ1v) is 6.40. The summed E-state index contributed by atoms with van der Waals surface area (Å²) in [6.07, 6.45) is 1.77. The Kier molecular flexibility index (Phi) is 4.50. The normalized spacial score (nSPS) is 10.5. The minimum absolute atomic E-state index is 0.0226. The molecule has 3 heteroatoms. The Morgan fingerprint density at radius 2 is 1.68 bits per heavy atom. The van der Waals surface area contributed by atoms with Gasteiger partial charge >= 0.3 is 0 Å². The van der Waals surface area contributed by atoms with Crippen LogP contribution in [0.3, 0.4) is 0 Å². The Morgan fingerprint density at radius 3 is 2.37 bits per heavy atom. The second kappa shape index (κ2) is 6.32. The minimum Gasteiger partial charge on any atom is -0.490 e. The first-order valence-electron chi connectivity index (χ1n) is 6.40. The Bertz CT molecular complexity index is 538. The second-order valence-corrected chi connectivity index (χ2v) is 4.31. The van der Waals surface area contributed by atoms with E-state index in [-0.39, 0.29) is 11.3 Å². The van der Waals surface area contributed by atoms with Gasteiger partial charge in [-0.1, -0.05) is 43.7 Å². The van der Waals surface area contributed by atoms with Crippen LogP contribution in [0.25, 0.3) is 11.1 Å². The van der Waals surface area contributed by atoms with E-state index in [1.807, 2.05) is 13.0 Å². The molecule has 19 heavy (non-hydrogen) atoms. The van der Waals surface area contributed by atoms with Gasteiger partial charge in [0.2, 0.25) is 5.82 Å². The predicted molar refractivity (Wildman–Crippen MR) is 72.2 cm³/mol. The van der Waals surface area contributed by atoms with Crippen LogP contribution in [0.15, 0.2) is 42.5 Å². The van der Waals surface area contributed by atoms with Gasteiger partial charge in [-0.25, -0.2) is 4.39 Å². The lowest BCUT2D eigenvalue weighted by Gasteiger charge is -2.10. The molecule has 0 aliphatic heterocycles. The summed E-state index contributed by atoms with van der Waals surface area (Å²) in [5.74, 6) is -1.80. The molecule has 0 aliphatic rings. The zero-order valence-corrected chi connectivity index (χ0v) is 10.8. The highest BCUT2D eigenvalue weighted by molar-refractivity contribution is 5.65. The summed E-state index contributed by atoms with van der Waals surface area (Å²) in [6, 6.07) is 11.9. The van der Waals surface area contributed by atoms with E-state index in [1.165, 1.54) is 6.07 Å². The van der Waals surface area contributed by atoms with Gasteiger partial charge in [0, 0.05) is 5.56 Å². The Labute approximate surface area is 111 Å². The zero-order chi connectivity index (χ0) is 13.7. The highest BCUT2D eigenvalue weighted by atomic mass is 19.2. The molecule has 2 aromatic rings. The predicted octanol–water partition coefficient (Wildman–Crippen LogP) is 4.81. The number of unbranched alkanes of at least 4 members (excludes halogenated alkanes) is 1. The van der Waals surface area contributed by atoms with E-state index < -0.39 is 11.6 Å². The van der Waals surface area contributed by atoms with E-state index in [2.05, 4.69) is 0 Å². The molecule has 0 amide bonds. The van der Waals surface area contributed by atoms with Crippen molar-refractivity contribution in [3.05, 3.63) is 54.1 Å². The van der Waals surface area contributed by atoms with Crippen LogP contribution < -0.4 is 4.74 Å². The van der Waals surface area contributed by atoms with Crippen LogP contribution in [-0.4, -0.2) is 6.61 Å². The van der Waals surface area contributed by atoms with Crippen molar-refractivity contribution in [1.82, 2.24) is 0 Å². The summed E-state index contributed by atoms with van der Waals surface area (Å²) in [5.41, 5.74) is 0.903. The topological polar surface area (TPSA) is 9.23 Å². The summed E-state index contributed by atoms with van der Waals surface area (Å²) in [6.45, 7) is 2.41. The zero-order valence-electron chi connectivity index (χ0n) is 10.8. The molecule has 0 N–H and O–H groups in total. The van der Waals surface area contributed by atoms with Crippen molar-refractivity contribution < 1.29 is 13.5 Å². The molecule has 0 atom stereocenters. The lowest BCUT2D eigenvalue weighted by atomic mass is 10.0. The smallest absolute Gasteiger partial charge is 0.201 e. The molecule has 2 aromatic carbocycles. The van der Waals surface area contributed by atoms with Crippen LogP contribution in [-0.2, 0) is 0 Å². The van der Waals surface area contributed by atoms with Gasteiger partial charge < -0.3 is 4.74 Å². The maximum absolute atomic E-state index is 14.0. The standard InChI is InChI=1S/C16H16F2O/c1-2-3-11-19-14-10-9-13(15(17)16(14)18)12-7-5-4-6-8-12/h4-10H,2-3,11H2,1H3. The Morgan fingerprint density at radius 1 is 0.947 bits per heavy atom. The average molecular weight is 262 g/mol. The van der Waals surface area contributed by atoms with E-state index in [1.54, 1.807) is 30.3 Å². The van der Waals surface area contributed by atoms with E-state index in [4.69, 9.17) is 4.74 Å². The second-order valence-electron chi connectivity index (χ2n) is 4.31. The van der Waals surface area contributed by atoms with Crippen LogP contribution in [0.4, 0.5) is 8.78 Å². The van der Waals surface area contributed by atoms with Gasteiger partial charge in [0.05, 0.1) is 6.61 Å². The maximum atomic E-state index is 14.0. The van der Waals surface area contributed by atoms with Crippen molar-refractivity contribution in [3.8, 4) is 16.9 Å². The fourth-order valence-corrected chi connectivity index (χ4v) is 1.81. The van der Waals surface area contributed by atoms with E-state index in [0.717, 1.165) is 12.8 Å². The summed E-state index contributed by atoms with van der Waals surface area (Å²) in [5, 5.41) is 0. The minimum atomic E-state index is -0.919. The van der Waals surface area contributed by atoms with Crippen molar-refractivity contribution in [1.29, 1.82) is 0 Å². The van der Waals surface area contributed by atoms with Crippen LogP contribution in [0, 0.1) is 11.6 Å². The van der Waals surface area contributed by atoms with Gasteiger partial charge in [0.25, 0.3) is 0 Å². The van der Waals surface area contributed by atoms with Crippen LogP contribution >= 0.6 is 0 Å². The Hall–Kier alpha value is -1.90. The molecule has 0 saturated carbocycles. The highest BCUT2D eigenvalue weighted by Crippen LogP contribution is 2.29. The van der Waals surface area contributed by atoms with Crippen LogP contribution in [0.1, 0.15) is 19.8 Å². The third-order valence-corrected chi connectivity index (χ3v) is 2.89. The summed E-state index contributed by atoms with van der Waals surface area (Å²) < 4.78 is 33.1. The van der Waals surface area contributed by atoms with Crippen molar-refractivity contribution in [3.63, 3.8) is 0 Å². The molecule has 0 radical (unpaired) electrons. The van der Waals surface area contributed by atoms with Crippen LogP contribution in [0.2, 0.25) is 0 Å². The molecule has 0 saturated heterocycles. The molecule has 1 nitrogen and oxygen atoms in total. The number of halogens is 2. The third kappa shape index (κ3) is 3.11. The number of benzene rings is 2. The monoisotopic (exact) mass is 262 g/mol. The first kappa shape index (κ1) is 13.5. The van der Waals surface area contributed by atoms with Gasteiger partial charge in [0.1, 0.15) is 0 Å². The van der Waals surface area contributed by atoms with Crippen molar-refractivity contribution in [2.45, 2.75) is 19.8 Å². The quantitative estimate of drug-likeness (QED) is 0.702. The Balaban J connectivity index is 2.27. The lowest BCUT2D eigenvalue weighted by molar-refractivity contribution is 0.289. The van der Waals surface area contributed by atoms with Crippen molar-refractivity contribution in [2.75, 3.05) is 6.61 Å². The molecule has 0 spiro atoms. The third-order valence-electron chi connectivity index (χ3n) is 2.89. The van der Waals surface area contributed by atoms with Gasteiger partial charge in [-0.2, -0.15) is 4.39 Å². The molecule has 0 fully saturated rings. The van der Waals surface area contributed by atoms with Crippen molar-refractivity contribution in [2.24, 2.45) is 0 Å². The van der Waals surface area contributed by atoms with E-state index in [0.29, 0.717) is 12.2 Å². The number of ether oxygens (including phenoxy) is 1. The number of rotatable bonds is 5. The molecule has 0 aliphatic carbocycles. The van der Waals surface area contributed by atoms with Gasteiger partial charge in [-0.05, 0) is 24.1 Å². The molecule has 0 unspecified atom stereocenters. The summed E-state index contributed by atoms with van der Waals surface area (Å²) in [7, 11) is 0. The van der Waals surface area contributed by atoms with Crippen LogP contribution in [0.5, 0.6) is 5.75 Å². The fourth-order valence-electron chi connectivity index (χ4n) is 1.81. The molecule has 100 valence electrons. The number of hydrogen-bond donors (Lipinski definition) is 0. The molecule has 0 heterocycles. The molecular weight excluding hydrogens is 246 g/mol. The van der Waals surface area contributed by atoms with Gasteiger partial charge in [-0.15, -0.1) is 0 Å².